The molecule has 1 aromatic rings. The second-order valence-electron chi connectivity index (χ2n) is 6.22. The van der Waals surface area contributed by atoms with Crippen molar-refractivity contribution >= 4 is 0 Å². The molecule has 0 heterocycles. The first kappa shape index (κ1) is 12.1. The van der Waals surface area contributed by atoms with Gasteiger partial charge >= 0.3 is 0 Å². The van der Waals surface area contributed by atoms with Gasteiger partial charge in [-0.3, -0.25) is 0 Å². The molecular weight excluding hydrogens is 220 g/mol. The van der Waals surface area contributed by atoms with Crippen molar-refractivity contribution < 1.29 is 4.74 Å². The highest BCUT2D eigenvalue weighted by Gasteiger charge is 2.34. The molecule has 0 spiro atoms. The molecule has 0 radical (unpaired) electrons. The lowest BCUT2D eigenvalue weighted by atomic mass is 9.88. The van der Waals surface area contributed by atoms with Gasteiger partial charge in [0.1, 0.15) is 5.75 Å². The predicted molar refractivity (Wildman–Crippen MR) is 75.3 cm³/mol. The zero-order valence-electron chi connectivity index (χ0n) is 11.8. The molecule has 2 aliphatic rings. The summed E-state index contributed by atoms with van der Waals surface area (Å²) in [6, 6.07) is 6.76. The Bertz CT molecular complexity index is 393. The Labute approximate surface area is 111 Å². The van der Waals surface area contributed by atoms with Gasteiger partial charge in [-0.05, 0) is 60.5 Å². The maximum Gasteiger partial charge on any atom is 0.125 e. The van der Waals surface area contributed by atoms with Gasteiger partial charge in [0.15, 0.2) is 0 Å². The predicted octanol–water partition coefficient (Wildman–Crippen LogP) is 4.72. The van der Waals surface area contributed by atoms with Gasteiger partial charge in [-0.1, -0.05) is 32.0 Å². The van der Waals surface area contributed by atoms with Crippen molar-refractivity contribution in [3.05, 3.63) is 29.3 Å². The van der Waals surface area contributed by atoms with Gasteiger partial charge in [0.2, 0.25) is 0 Å². The summed E-state index contributed by atoms with van der Waals surface area (Å²) >= 11 is 0. The number of hydrogen-bond acceptors (Lipinski definition) is 1. The van der Waals surface area contributed by atoms with E-state index in [0.29, 0.717) is 11.8 Å². The normalized spacial score (nSPS) is 22.6. The zero-order valence-corrected chi connectivity index (χ0v) is 11.8. The van der Waals surface area contributed by atoms with Crippen LogP contribution in [0.5, 0.6) is 5.75 Å². The molecule has 3 rings (SSSR count). The maximum atomic E-state index is 5.77. The zero-order chi connectivity index (χ0) is 12.7. The van der Waals surface area contributed by atoms with Crippen LogP contribution in [0.4, 0.5) is 0 Å². The minimum Gasteiger partial charge on any atom is -0.496 e. The minimum atomic E-state index is 0.659. The van der Waals surface area contributed by atoms with Gasteiger partial charge in [0.25, 0.3) is 0 Å². The monoisotopic (exact) mass is 244 g/mol. The van der Waals surface area contributed by atoms with Gasteiger partial charge < -0.3 is 4.74 Å². The summed E-state index contributed by atoms with van der Waals surface area (Å²) in [6.07, 6.45) is 5.58. The van der Waals surface area contributed by atoms with Crippen LogP contribution in [0.15, 0.2) is 18.2 Å². The van der Waals surface area contributed by atoms with E-state index < -0.39 is 0 Å². The summed E-state index contributed by atoms with van der Waals surface area (Å²) in [4.78, 5) is 0. The SMILES string of the molecule is COc1c(C(C)C2CC2)cccc1C(C)C1CC1. The van der Waals surface area contributed by atoms with E-state index >= 15 is 0 Å². The quantitative estimate of drug-likeness (QED) is 0.728. The molecule has 0 bridgehead atoms. The third-order valence-corrected chi connectivity index (χ3v) is 4.92. The molecule has 2 saturated carbocycles. The second-order valence-corrected chi connectivity index (χ2v) is 6.22. The molecule has 1 heteroatoms. The Hall–Kier alpha value is -0.980. The number of rotatable bonds is 5. The van der Waals surface area contributed by atoms with Crippen molar-refractivity contribution in [2.24, 2.45) is 11.8 Å². The summed E-state index contributed by atoms with van der Waals surface area (Å²) in [7, 11) is 1.83. The number of para-hydroxylation sites is 1. The van der Waals surface area contributed by atoms with Crippen LogP contribution in [-0.2, 0) is 0 Å². The largest absolute Gasteiger partial charge is 0.496 e. The summed E-state index contributed by atoms with van der Waals surface area (Å²) in [5.41, 5.74) is 2.87. The Morgan fingerprint density at radius 3 is 1.72 bits per heavy atom. The van der Waals surface area contributed by atoms with E-state index in [9.17, 15) is 0 Å². The van der Waals surface area contributed by atoms with Crippen molar-refractivity contribution in [1.82, 2.24) is 0 Å². The van der Waals surface area contributed by atoms with Crippen molar-refractivity contribution in [3.8, 4) is 5.75 Å². The van der Waals surface area contributed by atoms with Gasteiger partial charge in [-0.2, -0.15) is 0 Å². The van der Waals surface area contributed by atoms with Crippen molar-refractivity contribution in [2.45, 2.75) is 51.4 Å². The van der Waals surface area contributed by atoms with E-state index in [2.05, 4.69) is 32.0 Å². The molecule has 0 N–H and O–H groups in total. The molecule has 2 unspecified atom stereocenters. The Morgan fingerprint density at radius 2 is 1.39 bits per heavy atom. The first-order chi connectivity index (χ1) is 8.72. The average Bonchev–Trinajstić information content (AvgIpc) is 3.27. The van der Waals surface area contributed by atoms with Gasteiger partial charge in [-0.15, -0.1) is 0 Å². The topological polar surface area (TPSA) is 9.23 Å². The second kappa shape index (κ2) is 4.60. The molecule has 0 aliphatic heterocycles. The van der Waals surface area contributed by atoms with E-state index in [1.54, 1.807) is 0 Å². The highest BCUT2D eigenvalue weighted by molar-refractivity contribution is 5.46. The van der Waals surface area contributed by atoms with Crippen LogP contribution in [0, 0.1) is 11.8 Å². The minimum absolute atomic E-state index is 0.659. The van der Waals surface area contributed by atoms with Crippen LogP contribution >= 0.6 is 0 Å². The molecular formula is C17H24O. The molecule has 2 atom stereocenters. The van der Waals surface area contributed by atoms with E-state index in [-0.39, 0.29) is 0 Å². The third kappa shape index (κ3) is 2.15. The first-order valence-electron chi connectivity index (χ1n) is 7.39. The molecule has 2 fully saturated rings. The summed E-state index contributed by atoms with van der Waals surface area (Å²) < 4.78 is 5.77. The van der Waals surface area contributed by atoms with E-state index in [1.165, 1.54) is 42.6 Å². The number of ether oxygens (including phenoxy) is 1. The maximum absolute atomic E-state index is 5.77. The molecule has 0 saturated heterocycles. The fourth-order valence-corrected chi connectivity index (χ4v) is 3.23. The van der Waals surface area contributed by atoms with Crippen LogP contribution in [0.3, 0.4) is 0 Å². The first-order valence-corrected chi connectivity index (χ1v) is 7.39. The lowest BCUT2D eigenvalue weighted by Gasteiger charge is -2.21. The van der Waals surface area contributed by atoms with Crippen LogP contribution in [0.2, 0.25) is 0 Å². The van der Waals surface area contributed by atoms with E-state index in [1.807, 2.05) is 7.11 Å². The van der Waals surface area contributed by atoms with Crippen LogP contribution in [0.1, 0.15) is 62.5 Å². The van der Waals surface area contributed by atoms with E-state index in [0.717, 1.165) is 11.8 Å². The Morgan fingerprint density at radius 1 is 0.944 bits per heavy atom. The number of hydrogen-bond donors (Lipinski definition) is 0. The van der Waals surface area contributed by atoms with Crippen molar-refractivity contribution in [1.29, 1.82) is 0 Å². The average molecular weight is 244 g/mol. The fourth-order valence-electron chi connectivity index (χ4n) is 3.23. The Kier molecular flexibility index (Phi) is 3.09. The lowest BCUT2D eigenvalue weighted by Crippen LogP contribution is -2.05. The fraction of sp³-hybridized carbons (Fsp3) is 0.647. The summed E-state index contributed by atoms with van der Waals surface area (Å²) in [5, 5.41) is 0. The Balaban J connectivity index is 1.95. The van der Waals surface area contributed by atoms with Gasteiger partial charge in [-0.25, -0.2) is 0 Å². The van der Waals surface area contributed by atoms with Crippen molar-refractivity contribution in [2.75, 3.05) is 7.11 Å². The molecule has 0 aromatic heterocycles. The molecule has 18 heavy (non-hydrogen) atoms. The standard InChI is InChI=1S/C17H24O/c1-11(13-7-8-13)15-5-4-6-16(17(15)18-3)12(2)14-9-10-14/h4-6,11-14H,7-10H2,1-3H3. The van der Waals surface area contributed by atoms with Crippen molar-refractivity contribution in [3.63, 3.8) is 0 Å². The molecule has 98 valence electrons. The summed E-state index contributed by atoms with van der Waals surface area (Å²) in [5.74, 6) is 4.28. The third-order valence-electron chi connectivity index (χ3n) is 4.92. The molecule has 0 amide bonds. The highest BCUT2D eigenvalue weighted by Crippen LogP contribution is 2.49. The van der Waals surface area contributed by atoms with Gasteiger partial charge in [0, 0.05) is 0 Å². The summed E-state index contributed by atoms with van der Waals surface area (Å²) in [6.45, 7) is 4.72. The smallest absolute Gasteiger partial charge is 0.125 e. The van der Waals surface area contributed by atoms with E-state index in [4.69, 9.17) is 4.74 Å². The molecule has 2 aliphatic carbocycles. The van der Waals surface area contributed by atoms with Gasteiger partial charge in [0.05, 0.1) is 7.11 Å². The van der Waals surface area contributed by atoms with Crippen LogP contribution in [0.25, 0.3) is 0 Å². The number of methoxy groups -OCH3 is 1. The molecule has 1 nitrogen and oxygen atoms in total. The molecule has 1 aromatic carbocycles. The van der Waals surface area contributed by atoms with Crippen LogP contribution in [-0.4, -0.2) is 7.11 Å². The number of benzene rings is 1. The van der Waals surface area contributed by atoms with Crippen LogP contribution < -0.4 is 4.74 Å². The lowest BCUT2D eigenvalue weighted by molar-refractivity contribution is 0.394. The highest BCUT2D eigenvalue weighted by atomic mass is 16.5.